The summed E-state index contributed by atoms with van der Waals surface area (Å²) in [5, 5.41) is 31.6. The third-order valence-corrected chi connectivity index (χ3v) is 16.7. The van der Waals surface area contributed by atoms with Gasteiger partial charge in [0.2, 0.25) is 53.0 Å². The molecule has 5 fully saturated rings. The van der Waals surface area contributed by atoms with Gasteiger partial charge < -0.3 is 65.4 Å². The number of amides is 3. The molecule has 8 atom stereocenters. The number of ether oxygens (including phenoxy) is 5. The number of hydrogen-bond donors (Lipinski definition) is 6. The van der Waals surface area contributed by atoms with E-state index < -0.39 is 23.0 Å². The number of aryl methyl sites for hydroxylation is 1. The van der Waals surface area contributed by atoms with Crippen molar-refractivity contribution in [2.75, 3.05) is 85.0 Å². The van der Waals surface area contributed by atoms with Crippen molar-refractivity contribution >= 4 is 64.0 Å². The quantitative estimate of drug-likeness (QED) is 0.0391. The zero-order valence-electron chi connectivity index (χ0n) is 54.6. The first kappa shape index (κ1) is 69.2. The maximum atomic E-state index is 14.2. The minimum absolute atomic E-state index is 0.0258. The Balaban J connectivity index is 0.000000166. The number of benzene rings is 2. The molecule has 0 radical (unpaired) electrons. The zero-order valence-corrected chi connectivity index (χ0v) is 54.6. The van der Waals surface area contributed by atoms with Crippen molar-refractivity contribution in [3.63, 3.8) is 0 Å². The van der Waals surface area contributed by atoms with E-state index in [9.17, 15) is 32.8 Å². The van der Waals surface area contributed by atoms with Crippen LogP contribution in [-0.2, 0) is 29.4 Å². The largest absolute Gasteiger partial charge is 0.475 e. The lowest BCUT2D eigenvalue weighted by molar-refractivity contribution is -0.120. The summed E-state index contributed by atoms with van der Waals surface area (Å²) in [6.07, 6.45) is 13.3. The summed E-state index contributed by atoms with van der Waals surface area (Å²) in [5.41, 5.74) is 4.34. The number of rotatable bonds is 21. The number of aromatic nitrogens is 8. The average Bonchev–Trinajstić information content (AvgIpc) is 1.61. The van der Waals surface area contributed by atoms with Crippen molar-refractivity contribution in [1.29, 1.82) is 5.26 Å². The molecule has 25 nitrogen and oxygen atoms in total. The average molecular weight is 1300 g/mol. The van der Waals surface area contributed by atoms with Gasteiger partial charge in [0.25, 0.3) is 17.6 Å². The molecule has 6 aromatic rings. The van der Waals surface area contributed by atoms with Crippen LogP contribution in [0.4, 0.5) is 59.5 Å². The van der Waals surface area contributed by atoms with Crippen LogP contribution in [0.5, 0.6) is 17.6 Å². The summed E-state index contributed by atoms with van der Waals surface area (Å²) in [4.78, 5) is 62.7. The van der Waals surface area contributed by atoms with E-state index in [-0.39, 0.29) is 101 Å². The summed E-state index contributed by atoms with van der Waals surface area (Å²) in [6.45, 7) is 20.0. The highest BCUT2D eigenvalue weighted by molar-refractivity contribution is 5.74. The minimum atomic E-state index is -0.807. The van der Waals surface area contributed by atoms with Gasteiger partial charge in [0.15, 0.2) is 0 Å². The van der Waals surface area contributed by atoms with Gasteiger partial charge in [-0.3, -0.25) is 19.1 Å². The van der Waals surface area contributed by atoms with E-state index in [1.807, 2.05) is 48.5 Å². The summed E-state index contributed by atoms with van der Waals surface area (Å²) in [7, 11) is 0. The number of morpholine rings is 2. The molecule has 2 aromatic carbocycles. The fraction of sp³-hybridized carbons (Fsp3) is 0.530. The van der Waals surface area contributed by atoms with Crippen molar-refractivity contribution in [2.45, 2.75) is 149 Å². The Kier molecular flexibility index (Phi) is 24.0. The molecule has 11 rings (SSSR count). The third-order valence-electron chi connectivity index (χ3n) is 16.7. The van der Waals surface area contributed by atoms with Gasteiger partial charge in [0, 0.05) is 87.8 Å². The smallest absolute Gasteiger partial charge is 0.255 e. The molecular formula is C66H86F3N17O8. The van der Waals surface area contributed by atoms with Crippen LogP contribution in [0.1, 0.15) is 112 Å². The molecule has 94 heavy (non-hydrogen) atoms. The van der Waals surface area contributed by atoms with Crippen LogP contribution in [-0.4, -0.2) is 147 Å². The lowest BCUT2D eigenvalue weighted by atomic mass is 10.1. The minimum Gasteiger partial charge on any atom is -0.475 e. The Morgan fingerprint density at radius 1 is 0.596 bits per heavy atom. The molecule has 2 saturated heterocycles. The van der Waals surface area contributed by atoms with E-state index in [1.54, 1.807) is 31.6 Å². The van der Waals surface area contributed by atoms with Crippen LogP contribution in [0, 0.1) is 53.5 Å². The molecule has 2 aliphatic heterocycles. The molecule has 504 valence electrons. The fourth-order valence-corrected chi connectivity index (χ4v) is 12.1. The highest BCUT2D eigenvalue weighted by atomic mass is 19.1. The molecule has 0 spiro atoms. The summed E-state index contributed by atoms with van der Waals surface area (Å²) in [6, 6.07) is 18.6. The van der Waals surface area contributed by atoms with Crippen molar-refractivity contribution in [1.82, 2.24) is 55.6 Å². The number of nitriles is 1. The summed E-state index contributed by atoms with van der Waals surface area (Å²) >= 11 is 0. The fourth-order valence-electron chi connectivity index (χ4n) is 12.1. The summed E-state index contributed by atoms with van der Waals surface area (Å²) in [5.74, 6) is -0.726. The Hall–Kier alpha value is -9.10. The van der Waals surface area contributed by atoms with Gasteiger partial charge in [-0.1, -0.05) is 0 Å². The number of carbonyl (C=O) groups excluding carboxylic acids is 3. The first-order valence-electron chi connectivity index (χ1n) is 32.1. The molecule has 4 aromatic heterocycles. The predicted octanol–water partition coefficient (Wildman–Crippen LogP) is 9.34. The van der Waals surface area contributed by atoms with Crippen LogP contribution < -0.4 is 55.9 Å². The van der Waals surface area contributed by atoms with Gasteiger partial charge in [-0.15, -0.1) is 0 Å². The number of nitrogens with zero attached hydrogens (tertiary/aromatic N) is 11. The van der Waals surface area contributed by atoms with Crippen LogP contribution in [0.2, 0.25) is 0 Å². The first-order valence-corrected chi connectivity index (χ1v) is 32.1. The second-order valence-corrected chi connectivity index (χ2v) is 25.2. The Bertz CT molecular complexity index is 3530. The summed E-state index contributed by atoms with van der Waals surface area (Å²) < 4.78 is 72.2. The lowest BCUT2D eigenvalue weighted by Gasteiger charge is -2.36. The van der Waals surface area contributed by atoms with Crippen LogP contribution in [0.25, 0.3) is 0 Å². The molecule has 3 saturated carbocycles. The molecule has 5 aliphatic rings. The Morgan fingerprint density at radius 2 is 0.979 bits per heavy atom. The molecular weight excluding hydrogens is 1220 g/mol. The molecule has 3 aliphatic carbocycles. The van der Waals surface area contributed by atoms with Gasteiger partial charge in [0.05, 0.1) is 87.5 Å². The molecule has 0 bridgehead atoms. The molecule has 6 N–H and O–H groups in total. The zero-order chi connectivity index (χ0) is 66.9. The SMILES string of the molecule is CC(=O)N[C@H]1CC[C@@H](COc2nc(Nc3ccc(N4CCOCC4)cc3)ncc2F)C1.CC(=O)N[C@H]1CC[C@@H](COc2nc(Nc3ccc(N4C[C@@H](C)O[C@@H](C)C4)cc3)ncc2F)C1.CC(=O)N[C@H]1CC[C@@H](COc2nc(Nc3cn(C(C)(C)C#N)nc3C)ncc2F)C1. The van der Waals surface area contributed by atoms with E-state index in [0.717, 1.165) is 139 Å². The number of hydrogen-bond acceptors (Lipinski definition) is 21. The molecule has 3 amide bonds. The number of carbonyl (C=O) groups is 3. The molecule has 6 heterocycles. The van der Waals surface area contributed by atoms with Crippen molar-refractivity contribution < 1.29 is 51.2 Å². The topological polar surface area (TPSA) is 295 Å². The highest BCUT2D eigenvalue weighted by Crippen LogP contribution is 2.32. The maximum absolute atomic E-state index is 14.2. The van der Waals surface area contributed by atoms with E-state index in [0.29, 0.717) is 31.2 Å². The van der Waals surface area contributed by atoms with E-state index in [2.05, 4.69) is 96.6 Å². The molecule has 28 heteroatoms. The van der Waals surface area contributed by atoms with Crippen molar-refractivity contribution in [3.8, 4) is 23.7 Å². The van der Waals surface area contributed by atoms with Gasteiger partial charge in [0.1, 0.15) is 5.54 Å². The predicted molar refractivity (Wildman–Crippen MR) is 347 cm³/mol. The van der Waals surface area contributed by atoms with Crippen molar-refractivity contribution in [2.24, 2.45) is 17.8 Å². The van der Waals surface area contributed by atoms with E-state index >= 15 is 0 Å². The van der Waals surface area contributed by atoms with Gasteiger partial charge in [-0.25, -0.2) is 15.0 Å². The monoisotopic (exact) mass is 1300 g/mol. The number of anilines is 8. The maximum Gasteiger partial charge on any atom is 0.255 e. The van der Waals surface area contributed by atoms with Crippen LogP contribution >= 0.6 is 0 Å². The first-order chi connectivity index (χ1) is 45.1. The van der Waals surface area contributed by atoms with E-state index in [4.69, 9.17) is 23.7 Å². The number of halogens is 3. The second-order valence-electron chi connectivity index (χ2n) is 25.2. The number of nitrogens with one attached hydrogen (secondary N) is 6. The Morgan fingerprint density at radius 3 is 1.36 bits per heavy atom. The van der Waals surface area contributed by atoms with Crippen LogP contribution in [0.3, 0.4) is 0 Å². The second kappa shape index (κ2) is 32.6. The normalized spacial score (nSPS) is 21.7. The van der Waals surface area contributed by atoms with Gasteiger partial charge in [-0.2, -0.15) is 38.5 Å². The standard InChI is InChI=1S/C24H32FN5O3.C22H28FN5O3.C20H26FN7O2/c1-15-12-30(13-16(2)33-15)21-8-6-19(7-9-21)28-24-26-11-22(25)23(29-24)32-14-18-4-5-20(10-18)27-17(3)31;1-15(29)25-18-3-2-16(12-18)14-31-21-20(23)13-24-22(27-21)26-17-4-6-19(7-5-17)28-8-10-30-11-9-28;1-12-17(9-28(27-12)20(3,4)11-22)25-19-23-8-16(21)18(26-19)30-10-14-5-6-15(7-14)24-13(2)29/h6-9,11,15-16,18,20H,4-5,10,12-14H2,1-3H3,(H,27,31)(H,26,28,29);4-7,13,16,18H,2-3,8-12,14H2,1H3,(H,25,29)(H,24,26,27);8-9,14-15H,5-7,10H2,1-4H3,(H,24,29)(H,23,25,26)/t15-,16+,18-,20+;16-,18+;14-,15+/m111/s1. The van der Waals surface area contributed by atoms with Gasteiger partial charge >= 0.3 is 0 Å². The highest BCUT2D eigenvalue weighted by Gasteiger charge is 2.30. The van der Waals surface area contributed by atoms with Crippen molar-refractivity contribution in [3.05, 3.63) is 96.5 Å². The Labute approximate surface area is 546 Å². The van der Waals surface area contributed by atoms with Crippen LogP contribution in [0.15, 0.2) is 73.3 Å². The third kappa shape index (κ3) is 20.4. The lowest BCUT2D eigenvalue weighted by Crippen LogP contribution is -2.45. The molecule has 0 unspecified atom stereocenters. The van der Waals surface area contributed by atoms with Gasteiger partial charge in [-0.05, 0) is 159 Å². The van der Waals surface area contributed by atoms with E-state index in [1.165, 1.54) is 20.8 Å².